The van der Waals surface area contributed by atoms with E-state index in [-0.39, 0.29) is 6.10 Å². The summed E-state index contributed by atoms with van der Waals surface area (Å²) in [4.78, 5) is 0. The minimum absolute atomic E-state index is 0.104. The highest BCUT2D eigenvalue weighted by atomic mass is 28.4. The van der Waals surface area contributed by atoms with E-state index in [0.29, 0.717) is 6.61 Å². The van der Waals surface area contributed by atoms with Crippen molar-refractivity contribution in [1.82, 2.24) is 0 Å². The standard InChI is InChI=1S/C30H40O2Si/c1-4-6-7-8-9-10-11-14-21-28(20-5-2)32-33(27-19-26-31-3,29-22-15-12-16-23-29)30-24-17-13-18-25-30/h4-5,12-13,15-18,22-25,28H,1-2,6-11,14,20-21,26H2,3H3. The number of ether oxygens (including phenoxy) is 1. The van der Waals surface area contributed by atoms with Gasteiger partial charge in [0.05, 0.1) is 6.10 Å². The van der Waals surface area contributed by atoms with Crippen molar-refractivity contribution >= 4 is 18.7 Å². The first kappa shape index (κ1) is 26.9. The second kappa shape index (κ2) is 16.3. The number of allylic oxidation sites excluding steroid dienone is 1. The van der Waals surface area contributed by atoms with Gasteiger partial charge in [0.1, 0.15) is 6.61 Å². The quantitative estimate of drug-likeness (QED) is 0.128. The summed E-state index contributed by atoms with van der Waals surface area (Å²) in [6, 6.07) is 21.1. The highest BCUT2D eigenvalue weighted by molar-refractivity contribution is 7.03. The van der Waals surface area contributed by atoms with E-state index in [1.165, 1.54) is 48.9 Å². The van der Waals surface area contributed by atoms with E-state index >= 15 is 0 Å². The van der Waals surface area contributed by atoms with Gasteiger partial charge in [-0.1, -0.05) is 116 Å². The van der Waals surface area contributed by atoms with Crippen molar-refractivity contribution in [3.8, 4) is 11.5 Å². The molecule has 0 saturated carbocycles. The Morgan fingerprint density at radius 1 is 0.818 bits per heavy atom. The van der Waals surface area contributed by atoms with Crippen LogP contribution in [-0.4, -0.2) is 28.1 Å². The average molecular weight is 461 g/mol. The highest BCUT2D eigenvalue weighted by Crippen LogP contribution is 2.19. The Bertz CT molecular complexity index is 812. The van der Waals surface area contributed by atoms with Gasteiger partial charge in [-0.3, -0.25) is 0 Å². The topological polar surface area (TPSA) is 18.5 Å². The van der Waals surface area contributed by atoms with Crippen molar-refractivity contribution < 1.29 is 9.16 Å². The van der Waals surface area contributed by atoms with E-state index < -0.39 is 8.32 Å². The lowest BCUT2D eigenvalue weighted by atomic mass is 10.0. The molecule has 0 aliphatic heterocycles. The van der Waals surface area contributed by atoms with Crippen molar-refractivity contribution in [3.05, 3.63) is 86.0 Å². The van der Waals surface area contributed by atoms with Gasteiger partial charge in [-0.25, -0.2) is 0 Å². The number of unbranched alkanes of at least 4 members (excludes halogenated alkanes) is 6. The number of hydrogen-bond acceptors (Lipinski definition) is 2. The molecule has 0 spiro atoms. The van der Waals surface area contributed by atoms with Crippen molar-refractivity contribution in [1.29, 1.82) is 0 Å². The second-order valence-electron chi connectivity index (χ2n) is 8.40. The lowest BCUT2D eigenvalue weighted by Crippen LogP contribution is -2.61. The molecular formula is C30H40O2Si. The smallest absolute Gasteiger partial charge is 0.337 e. The van der Waals surface area contributed by atoms with Crippen LogP contribution in [0.15, 0.2) is 86.0 Å². The minimum Gasteiger partial charge on any atom is -0.395 e. The Balaban J connectivity index is 2.21. The van der Waals surface area contributed by atoms with E-state index in [1.54, 1.807) is 7.11 Å². The van der Waals surface area contributed by atoms with Gasteiger partial charge in [-0.2, -0.15) is 0 Å². The lowest BCUT2D eigenvalue weighted by Gasteiger charge is -2.32. The molecule has 0 N–H and O–H groups in total. The van der Waals surface area contributed by atoms with Crippen molar-refractivity contribution in [2.24, 2.45) is 0 Å². The maximum absolute atomic E-state index is 7.08. The fourth-order valence-corrected chi connectivity index (χ4v) is 7.40. The molecular weight excluding hydrogens is 420 g/mol. The third kappa shape index (κ3) is 9.18. The Hall–Kier alpha value is -2.38. The minimum atomic E-state index is -2.77. The van der Waals surface area contributed by atoms with Crippen LogP contribution in [-0.2, 0) is 9.16 Å². The summed E-state index contributed by atoms with van der Waals surface area (Å²) in [6.07, 6.45) is 14.6. The van der Waals surface area contributed by atoms with Crippen LogP contribution in [0.2, 0.25) is 0 Å². The summed E-state index contributed by atoms with van der Waals surface area (Å²) in [6.45, 7) is 8.21. The third-order valence-corrected chi connectivity index (χ3v) is 9.31. The van der Waals surface area contributed by atoms with E-state index in [0.717, 1.165) is 19.3 Å². The molecule has 0 fully saturated rings. The normalized spacial score (nSPS) is 11.9. The van der Waals surface area contributed by atoms with Crippen LogP contribution in [0.3, 0.4) is 0 Å². The van der Waals surface area contributed by atoms with Crippen molar-refractivity contribution in [2.75, 3.05) is 13.7 Å². The van der Waals surface area contributed by atoms with Gasteiger partial charge < -0.3 is 9.16 Å². The summed E-state index contributed by atoms with van der Waals surface area (Å²) >= 11 is 0. The molecule has 0 amide bonds. The van der Waals surface area contributed by atoms with Crippen LogP contribution in [0.4, 0.5) is 0 Å². The van der Waals surface area contributed by atoms with Gasteiger partial charge in [-0.15, -0.1) is 13.2 Å². The Morgan fingerprint density at radius 3 is 1.94 bits per heavy atom. The molecule has 2 rings (SSSR count). The molecule has 2 nitrogen and oxygen atoms in total. The molecule has 176 valence electrons. The van der Waals surface area contributed by atoms with E-state index in [9.17, 15) is 0 Å². The van der Waals surface area contributed by atoms with Crippen LogP contribution >= 0.6 is 0 Å². The molecule has 0 radical (unpaired) electrons. The summed E-state index contributed by atoms with van der Waals surface area (Å²) < 4.78 is 12.3. The Morgan fingerprint density at radius 2 is 1.39 bits per heavy atom. The Kier molecular flexibility index (Phi) is 13.2. The summed E-state index contributed by atoms with van der Waals surface area (Å²) in [5, 5.41) is 2.35. The maximum atomic E-state index is 7.08. The van der Waals surface area contributed by atoms with Crippen LogP contribution in [0.25, 0.3) is 0 Å². The second-order valence-corrected chi connectivity index (χ2v) is 11.4. The molecule has 1 unspecified atom stereocenters. The highest BCUT2D eigenvalue weighted by Gasteiger charge is 2.40. The van der Waals surface area contributed by atoms with Gasteiger partial charge in [0, 0.05) is 7.11 Å². The summed E-state index contributed by atoms with van der Waals surface area (Å²) in [5.74, 6) is 3.25. The molecule has 2 aromatic carbocycles. The Labute approximate surface area is 202 Å². The molecule has 0 aliphatic carbocycles. The predicted molar refractivity (Wildman–Crippen MR) is 144 cm³/mol. The monoisotopic (exact) mass is 460 g/mol. The van der Waals surface area contributed by atoms with E-state index in [4.69, 9.17) is 9.16 Å². The molecule has 0 aromatic heterocycles. The van der Waals surface area contributed by atoms with Gasteiger partial charge in [0.15, 0.2) is 0 Å². The predicted octanol–water partition coefficient (Wildman–Crippen LogP) is 6.20. The molecule has 2 aromatic rings. The fourth-order valence-electron chi connectivity index (χ4n) is 4.08. The van der Waals surface area contributed by atoms with Gasteiger partial charge in [-0.05, 0) is 36.1 Å². The number of hydrogen-bond donors (Lipinski definition) is 0. The largest absolute Gasteiger partial charge is 0.395 e. The summed E-state index contributed by atoms with van der Waals surface area (Å²) in [7, 11) is -1.09. The van der Waals surface area contributed by atoms with Crippen LogP contribution in [0.5, 0.6) is 0 Å². The SMILES string of the molecule is C=CCCCCCCCCC(CC=C)O[Si](C#CCOC)(c1ccccc1)c1ccccc1. The van der Waals surface area contributed by atoms with E-state index in [2.05, 4.69) is 73.2 Å². The maximum Gasteiger partial charge on any atom is 0.337 e. The van der Waals surface area contributed by atoms with Gasteiger partial charge >= 0.3 is 8.32 Å². The average Bonchev–Trinajstić information content (AvgIpc) is 2.86. The molecule has 33 heavy (non-hydrogen) atoms. The number of benzene rings is 2. The van der Waals surface area contributed by atoms with Gasteiger partial charge in [0.2, 0.25) is 0 Å². The molecule has 0 saturated heterocycles. The summed E-state index contributed by atoms with van der Waals surface area (Å²) in [5.41, 5.74) is 3.59. The zero-order valence-electron chi connectivity index (χ0n) is 20.3. The van der Waals surface area contributed by atoms with E-state index in [1.807, 2.05) is 24.3 Å². The van der Waals surface area contributed by atoms with Crippen LogP contribution < -0.4 is 10.4 Å². The fraction of sp³-hybridized carbons (Fsp3) is 0.400. The van der Waals surface area contributed by atoms with Gasteiger partial charge in [0.25, 0.3) is 0 Å². The molecule has 0 bridgehead atoms. The molecule has 0 aliphatic rings. The third-order valence-electron chi connectivity index (χ3n) is 5.80. The molecule has 3 heteroatoms. The van der Waals surface area contributed by atoms with Crippen molar-refractivity contribution in [3.63, 3.8) is 0 Å². The van der Waals surface area contributed by atoms with Crippen LogP contribution in [0.1, 0.15) is 57.8 Å². The molecule has 0 heterocycles. The van der Waals surface area contributed by atoms with Crippen molar-refractivity contribution in [2.45, 2.75) is 63.9 Å². The number of rotatable bonds is 16. The zero-order valence-corrected chi connectivity index (χ0v) is 21.3. The first-order chi connectivity index (χ1) is 16.3. The molecule has 1 atom stereocenters. The zero-order chi connectivity index (χ0) is 23.6. The first-order valence-electron chi connectivity index (χ1n) is 12.3. The van der Waals surface area contributed by atoms with Crippen LogP contribution in [0, 0.1) is 11.5 Å². The number of methoxy groups -OCH3 is 1. The lowest BCUT2D eigenvalue weighted by molar-refractivity contribution is 0.191. The first-order valence-corrected chi connectivity index (χ1v) is 14.2.